The molecular weight excluding hydrogens is 190 g/mol. The highest BCUT2D eigenvalue weighted by molar-refractivity contribution is 8.14. The second kappa shape index (κ2) is 3.67. The van der Waals surface area contributed by atoms with Gasteiger partial charge in [0, 0.05) is 18.6 Å². The Morgan fingerprint density at radius 3 is 2.54 bits per heavy atom. The summed E-state index contributed by atoms with van der Waals surface area (Å²) in [6, 6.07) is 0. The number of thioether (sulfide) groups is 1. The summed E-state index contributed by atoms with van der Waals surface area (Å²) < 4.78 is 0. The molecule has 0 bridgehead atoms. The van der Waals surface area contributed by atoms with Gasteiger partial charge in [-0.05, 0) is 0 Å². The first-order chi connectivity index (χ1) is 5.96. The summed E-state index contributed by atoms with van der Waals surface area (Å²) in [6.45, 7) is 3.90. The summed E-state index contributed by atoms with van der Waals surface area (Å²) >= 11 is 1.02. The minimum atomic E-state index is -0.407. The number of imide groups is 1. The van der Waals surface area contributed by atoms with Crippen molar-refractivity contribution < 1.29 is 14.7 Å². The minimum absolute atomic E-state index is 0.0330. The van der Waals surface area contributed by atoms with Crippen molar-refractivity contribution in [2.45, 2.75) is 13.8 Å². The molecule has 5 heteroatoms. The molecule has 13 heavy (non-hydrogen) atoms. The summed E-state index contributed by atoms with van der Waals surface area (Å²) in [5.41, 5.74) is -0.407. The number of rotatable bonds is 3. The molecule has 1 aliphatic heterocycles. The van der Waals surface area contributed by atoms with Crippen molar-refractivity contribution in [3.63, 3.8) is 0 Å². The van der Waals surface area contributed by atoms with E-state index in [4.69, 9.17) is 5.11 Å². The van der Waals surface area contributed by atoms with Gasteiger partial charge in [-0.2, -0.15) is 0 Å². The second-order valence-electron chi connectivity index (χ2n) is 3.86. The van der Waals surface area contributed by atoms with Gasteiger partial charge >= 0.3 is 0 Å². The van der Waals surface area contributed by atoms with Crippen LogP contribution in [0.5, 0.6) is 0 Å². The van der Waals surface area contributed by atoms with Crippen molar-refractivity contribution in [2.75, 3.05) is 18.9 Å². The van der Waals surface area contributed by atoms with Crippen molar-refractivity contribution >= 4 is 22.9 Å². The number of aliphatic hydroxyl groups is 1. The van der Waals surface area contributed by atoms with E-state index in [1.54, 1.807) is 0 Å². The largest absolute Gasteiger partial charge is 0.396 e. The van der Waals surface area contributed by atoms with Crippen LogP contribution in [0.1, 0.15) is 13.8 Å². The van der Waals surface area contributed by atoms with Crippen molar-refractivity contribution in [3.05, 3.63) is 0 Å². The van der Waals surface area contributed by atoms with Gasteiger partial charge in [-0.1, -0.05) is 25.6 Å². The highest BCUT2D eigenvalue weighted by Crippen LogP contribution is 2.24. The maximum Gasteiger partial charge on any atom is 0.288 e. The summed E-state index contributed by atoms with van der Waals surface area (Å²) in [5, 5.41) is 8.77. The van der Waals surface area contributed by atoms with Crippen LogP contribution in [0.2, 0.25) is 0 Å². The van der Waals surface area contributed by atoms with Crippen LogP contribution < -0.4 is 0 Å². The zero-order chi connectivity index (χ0) is 10.1. The van der Waals surface area contributed by atoms with Gasteiger partial charge in [-0.3, -0.25) is 14.5 Å². The van der Waals surface area contributed by atoms with E-state index >= 15 is 0 Å². The predicted octanol–water partition coefficient (Wildman–Crippen LogP) is 0.700. The Hall–Kier alpha value is -0.550. The molecule has 1 saturated heterocycles. The molecule has 0 aromatic rings. The molecule has 0 spiro atoms. The number of hydrogen-bond acceptors (Lipinski definition) is 4. The Morgan fingerprint density at radius 2 is 2.15 bits per heavy atom. The van der Waals surface area contributed by atoms with Gasteiger partial charge in [-0.25, -0.2) is 0 Å². The number of amides is 2. The number of carbonyl (C=O) groups excluding carboxylic acids is 2. The topological polar surface area (TPSA) is 57.6 Å². The summed E-state index contributed by atoms with van der Waals surface area (Å²) in [4.78, 5) is 23.6. The van der Waals surface area contributed by atoms with Crippen LogP contribution in [0, 0.1) is 5.41 Å². The number of carbonyl (C=O) groups is 2. The third-order valence-electron chi connectivity index (χ3n) is 1.85. The molecule has 2 amide bonds. The molecule has 1 rings (SSSR count). The van der Waals surface area contributed by atoms with Crippen LogP contribution in [-0.2, 0) is 4.79 Å². The van der Waals surface area contributed by atoms with E-state index in [-0.39, 0.29) is 23.5 Å². The summed E-state index contributed by atoms with van der Waals surface area (Å²) in [7, 11) is 0. The van der Waals surface area contributed by atoms with Gasteiger partial charge < -0.3 is 5.11 Å². The Balaban J connectivity index is 2.62. The molecule has 74 valence electrons. The lowest BCUT2D eigenvalue weighted by Crippen LogP contribution is -2.39. The molecule has 1 heterocycles. The van der Waals surface area contributed by atoms with Crippen LogP contribution in [0.15, 0.2) is 0 Å². The number of nitrogens with zero attached hydrogens (tertiary/aromatic N) is 1. The zero-order valence-corrected chi connectivity index (χ0v) is 8.56. The van der Waals surface area contributed by atoms with E-state index in [9.17, 15) is 9.59 Å². The first-order valence-corrected chi connectivity index (χ1v) is 5.03. The van der Waals surface area contributed by atoms with Crippen molar-refractivity contribution in [2.24, 2.45) is 5.41 Å². The summed E-state index contributed by atoms with van der Waals surface area (Å²) in [5.74, 6) is 0.0805. The van der Waals surface area contributed by atoms with E-state index in [0.717, 1.165) is 11.8 Å². The predicted molar refractivity (Wildman–Crippen MR) is 50.4 cm³/mol. The average Bonchev–Trinajstić information content (AvgIpc) is 2.36. The average molecular weight is 203 g/mol. The molecule has 0 unspecified atom stereocenters. The first-order valence-electron chi connectivity index (χ1n) is 4.04. The first kappa shape index (κ1) is 10.5. The molecule has 1 N–H and O–H groups in total. The molecule has 0 aromatic carbocycles. The van der Waals surface area contributed by atoms with Gasteiger partial charge in [-0.15, -0.1) is 0 Å². The maximum atomic E-state index is 11.2. The van der Waals surface area contributed by atoms with E-state index in [2.05, 4.69) is 0 Å². The number of aliphatic hydroxyl groups excluding tert-OH is 1. The second-order valence-corrected chi connectivity index (χ2v) is 4.78. The van der Waals surface area contributed by atoms with E-state index < -0.39 is 5.41 Å². The quantitative estimate of drug-likeness (QED) is 0.733. The molecule has 0 atom stereocenters. The van der Waals surface area contributed by atoms with Crippen LogP contribution >= 0.6 is 11.8 Å². The fourth-order valence-electron chi connectivity index (χ4n) is 1.01. The van der Waals surface area contributed by atoms with Crippen LogP contribution in [0.4, 0.5) is 4.79 Å². The molecule has 4 nitrogen and oxygen atoms in total. The normalized spacial score (nSPS) is 18.5. The molecule has 0 radical (unpaired) electrons. The van der Waals surface area contributed by atoms with Gasteiger partial charge in [0.2, 0.25) is 5.91 Å². The van der Waals surface area contributed by atoms with Gasteiger partial charge in [0.1, 0.15) is 0 Å². The van der Waals surface area contributed by atoms with Gasteiger partial charge in [0.15, 0.2) is 0 Å². The minimum Gasteiger partial charge on any atom is -0.396 e. The Labute approximate surface area is 81.3 Å². The van der Waals surface area contributed by atoms with Crippen molar-refractivity contribution in [1.29, 1.82) is 0 Å². The van der Waals surface area contributed by atoms with Crippen molar-refractivity contribution in [1.82, 2.24) is 4.90 Å². The van der Waals surface area contributed by atoms with Crippen LogP contribution in [0.3, 0.4) is 0 Å². The highest BCUT2D eigenvalue weighted by atomic mass is 32.2. The molecule has 1 aliphatic rings. The third-order valence-corrected chi connectivity index (χ3v) is 2.71. The SMILES string of the molecule is CC(C)(CO)CN1C(=O)CSC1=O. The van der Waals surface area contributed by atoms with Gasteiger partial charge in [0.05, 0.1) is 5.75 Å². The monoisotopic (exact) mass is 203 g/mol. The standard InChI is InChI=1S/C8H13NO3S/c1-8(2,5-10)4-9-6(11)3-13-7(9)12/h10H,3-5H2,1-2H3. The Bertz CT molecular complexity index is 224. The van der Waals surface area contributed by atoms with Gasteiger partial charge in [0.25, 0.3) is 5.24 Å². The molecule has 0 aliphatic carbocycles. The van der Waals surface area contributed by atoms with E-state index in [0.29, 0.717) is 6.54 Å². The van der Waals surface area contributed by atoms with E-state index in [1.165, 1.54) is 4.90 Å². The maximum absolute atomic E-state index is 11.2. The lowest BCUT2D eigenvalue weighted by atomic mass is 9.94. The highest BCUT2D eigenvalue weighted by Gasteiger charge is 2.34. The lowest BCUT2D eigenvalue weighted by molar-refractivity contribution is -0.125. The van der Waals surface area contributed by atoms with Crippen LogP contribution in [0.25, 0.3) is 0 Å². The number of hydrogen-bond donors (Lipinski definition) is 1. The molecule has 0 aromatic heterocycles. The van der Waals surface area contributed by atoms with E-state index in [1.807, 2.05) is 13.8 Å². The smallest absolute Gasteiger partial charge is 0.288 e. The molecule has 1 fully saturated rings. The molecule has 0 saturated carbocycles. The Morgan fingerprint density at radius 1 is 1.54 bits per heavy atom. The summed E-state index contributed by atoms with van der Waals surface area (Å²) in [6.07, 6.45) is 0. The third kappa shape index (κ3) is 2.45. The fourth-order valence-corrected chi connectivity index (χ4v) is 1.74. The lowest BCUT2D eigenvalue weighted by Gasteiger charge is -2.26. The fraction of sp³-hybridized carbons (Fsp3) is 0.750. The molecular formula is C8H13NO3S. The van der Waals surface area contributed by atoms with Crippen LogP contribution in [-0.4, -0.2) is 40.1 Å². The van der Waals surface area contributed by atoms with Crippen molar-refractivity contribution in [3.8, 4) is 0 Å². The zero-order valence-electron chi connectivity index (χ0n) is 7.74. The Kier molecular flexibility index (Phi) is 2.98.